The van der Waals surface area contributed by atoms with E-state index in [-0.39, 0.29) is 12.1 Å². The predicted octanol–water partition coefficient (Wildman–Crippen LogP) is 1.80. The molecule has 2 rings (SSSR count). The molecule has 0 saturated heterocycles. The van der Waals surface area contributed by atoms with E-state index in [1.165, 1.54) is 30.5 Å². The van der Waals surface area contributed by atoms with E-state index >= 15 is 0 Å². The van der Waals surface area contributed by atoms with Crippen LogP contribution in [-0.4, -0.2) is 37.4 Å². The van der Waals surface area contributed by atoms with Crippen molar-refractivity contribution >= 4 is 5.69 Å². The van der Waals surface area contributed by atoms with E-state index in [9.17, 15) is 5.11 Å². The van der Waals surface area contributed by atoms with Crippen molar-refractivity contribution < 1.29 is 5.11 Å². The fraction of sp³-hybridized carbons (Fsp3) is 0.600. The third-order valence-electron chi connectivity index (χ3n) is 3.95. The summed E-state index contributed by atoms with van der Waals surface area (Å²) in [6.45, 7) is 4.15. The van der Waals surface area contributed by atoms with Crippen LogP contribution < -0.4 is 10.2 Å². The van der Waals surface area contributed by atoms with Crippen LogP contribution in [0.1, 0.15) is 25.3 Å². The molecule has 3 heteroatoms. The molecule has 1 aliphatic rings. The second kappa shape index (κ2) is 5.72. The van der Waals surface area contributed by atoms with Crippen LogP contribution in [0.4, 0.5) is 5.69 Å². The van der Waals surface area contributed by atoms with Gasteiger partial charge in [-0.3, -0.25) is 0 Å². The monoisotopic (exact) mass is 248 g/mol. The highest BCUT2D eigenvalue weighted by molar-refractivity contribution is 5.54. The third-order valence-corrected chi connectivity index (χ3v) is 3.95. The summed E-state index contributed by atoms with van der Waals surface area (Å²) in [7, 11) is 1.92. The first-order valence-electron chi connectivity index (χ1n) is 6.81. The first kappa shape index (κ1) is 13.4. The van der Waals surface area contributed by atoms with E-state index in [1.807, 2.05) is 7.05 Å². The Balaban J connectivity index is 2.23. The molecule has 0 amide bonds. The van der Waals surface area contributed by atoms with Gasteiger partial charge in [0, 0.05) is 18.8 Å². The minimum atomic E-state index is -0.239. The summed E-state index contributed by atoms with van der Waals surface area (Å²) in [5.41, 5.74) is 2.54. The number of benzene rings is 1. The minimum absolute atomic E-state index is 0.155. The minimum Gasteiger partial charge on any atom is -0.394 e. The van der Waals surface area contributed by atoms with Gasteiger partial charge < -0.3 is 15.3 Å². The molecule has 0 fully saturated rings. The Morgan fingerprint density at radius 3 is 2.83 bits per heavy atom. The lowest BCUT2D eigenvalue weighted by Gasteiger charge is -2.35. The largest absolute Gasteiger partial charge is 0.394 e. The Morgan fingerprint density at radius 2 is 2.11 bits per heavy atom. The van der Waals surface area contributed by atoms with E-state index in [2.05, 4.69) is 41.4 Å². The summed E-state index contributed by atoms with van der Waals surface area (Å²) in [5.74, 6) is 0. The van der Waals surface area contributed by atoms with Crippen LogP contribution in [0.2, 0.25) is 0 Å². The maximum Gasteiger partial charge on any atom is 0.0627 e. The number of fused-ring (bicyclic) bond motifs is 1. The maximum atomic E-state index is 9.55. The second-order valence-electron chi connectivity index (χ2n) is 5.48. The number of hydrogen-bond donors (Lipinski definition) is 2. The van der Waals surface area contributed by atoms with Crippen LogP contribution >= 0.6 is 0 Å². The van der Waals surface area contributed by atoms with Crippen molar-refractivity contribution in [3.63, 3.8) is 0 Å². The van der Waals surface area contributed by atoms with Gasteiger partial charge in [0.15, 0.2) is 0 Å². The van der Waals surface area contributed by atoms with Crippen LogP contribution in [0, 0.1) is 0 Å². The number of anilines is 1. The molecule has 0 radical (unpaired) electrons. The van der Waals surface area contributed by atoms with E-state index < -0.39 is 0 Å². The fourth-order valence-corrected chi connectivity index (χ4v) is 2.56. The molecule has 18 heavy (non-hydrogen) atoms. The summed E-state index contributed by atoms with van der Waals surface area (Å²) in [5, 5.41) is 12.8. The average molecular weight is 248 g/mol. The van der Waals surface area contributed by atoms with E-state index in [4.69, 9.17) is 0 Å². The number of aliphatic hydroxyl groups excluding tert-OH is 1. The van der Waals surface area contributed by atoms with Gasteiger partial charge in [-0.1, -0.05) is 18.2 Å². The van der Waals surface area contributed by atoms with Crippen LogP contribution in [0.15, 0.2) is 24.3 Å². The molecule has 1 aromatic carbocycles. The lowest BCUT2D eigenvalue weighted by atomic mass is 10.0. The van der Waals surface area contributed by atoms with E-state index in [1.54, 1.807) is 0 Å². The molecule has 1 unspecified atom stereocenters. The molecule has 1 heterocycles. The molecular formula is C15H24N2O. The van der Waals surface area contributed by atoms with Gasteiger partial charge in [0.1, 0.15) is 0 Å². The van der Waals surface area contributed by atoms with Crippen molar-refractivity contribution in [3.8, 4) is 0 Å². The Hall–Kier alpha value is -1.06. The van der Waals surface area contributed by atoms with Crippen molar-refractivity contribution in [3.05, 3.63) is 29.8 Å². The lowest BCUT2D eigenvalue weighted by molar-refractivity contribution is 0.185. The Labute approximate surface area is 110 Å². The van der Waals surface area contributed by atoms with Gasteiger partial charge in [0.2, 0.25) is 0 Å². The van der Waals surface area contributed by atoms with E-state index in [0.717, 1.165) is 13.1 Å². The van der Waals surface area contributed by atoms with Crippen molar-refractivity contribution in [2.45, 2.75) is 31.7 Å². The topological polar surface area (TPSA) is 35.5 Å². The van der Waals surface area contributed by atoms with Crippen molar-refractivity contribution in [2.24, 2.45) is 0 Å². The SMILES string of the molecule is CNC(C)(CO)CN1CCCCc2ccccc21. The summed E-state index contributed by atoms with van der Waals surface area (Å²) in [4.78, 5) is 2.41. The van der Waals surface area contributed by atoms with Crippen molar-refractivity contribution in [1.82, 2.24) is 5.32 Å². The van der Waals surface area contributed by atoms with Crippen molar-refractivity contribution in [1.29, 1.82) is 0 Å². The predicted molar refractivity (Wildman–Crippen MR) is 76.1 cm³/mol. The molecule has 0 saturated carbocycles. The first-order chi connectivity index (χ1) is 8.68. The number of aliphatic hydroxyl groups is 1. The summed E-state index contributed by atoms with van der Waals surface area (Å²) >= 11 is 0. The summed E-state index contributed by atoms with van der Waals surface area (Å²) in [6, 6.07) is 8.65. The highest BCUT2D eigenvalue weighted by atomic mass is 16.3. The molecule has 1 atom stereocenters. The number of nitrogens with zero attached hydrogens (tertiary/aromatic N) is 1. The number of para-hydroxylation sites is 1. The highest BCUT2D eigenvalue weighted by Crippen LogP contribution is 2.27. The zero-order chi connectivity index (χ0) is 13.0. The molecule has 0 aromatic heterocycles. The Morgan fingerprint density at radius 1 is 1.33 bits per heavy atom. The number of nitrogens with one attached hydrogen (secondary N) is 1. The molecule has 0 spiro atoms. The maximum absolute atomic E-state index is 9.55. The number of aryl methyl sites for hydroxylation is 1. The smallest absolute Gasteiger partial charge is 0.0627 e. The zero-order valence-electron chi connectivity index (χ0n) is 11.4. The molecular weight excluding hydrogens is 224 g/mol. The van der Waals surface area contributed by atoms with Gasteiger partial charge in [-0.05, 0) is 44.9 Å². The van der Waals surface area contributed by atoms with Gasteiger partial charge in [-0.25, -0.2) is 0 Å². The molecule has 1 aromatic rings. The molecule has 100 valence electrons. The second-order valence-corrected chi connectivity index (χ2v) is 5.48. The van der Waals surface area contributed by atoms with Gasteiger partial charge >= 0.3 is 0 Å². The molecule has 3 nitrogen and oxygen atoms in total. The molecule has 0 aliphatic carbocycles. The van der Waals surface area contributed by atoms with Crippen LogP contribution in [0.5, 0.6) is 0 Å². The number of likely N-dealkylation sites (N-methyl/N-ethyl adjacent to an activating group) is 1. The first-order valence-corrected chi connectivity index (χ1v) is 6.81. The van der Waals surface area contributed by atoms with Gasteiger partial charge in [-0.2, -0.15) is 0 Å². The highest BCUT2D eigenvalue weighted by Gasteiger charge is 2.26. The molecule has 2 N–H and O–H groups in total. The van der Waals surface area contributed by atoms with E-state index in [0.29, 0.717) is 0 Å². The van der Waals surface area contributed by atoms with Crippen LogP contribution in [-0.2, 0) is 6.42 Å². The van der Waals surface area contributed by atoms with Crippen LogP contribution in [0.3, 0.4) is 0 Å². The lowest BCUT2D eigenvalue weighted by Crippen LogP contribution is -2.53. The third kappa shape index (κ3) is 2.85. The standard InChI is InChI=1S/C15H24N2O/c1-15(12-18,16-2)11-17-10-6-5-8-13-7-3-4-9-14(13)17/h3-4,7,9,16,18H,5-6,8,10-12H2,1-2H3. The van der Waals surface area contributed by atoms with Gasteiger partial charge in [-0.15, -0.1) is 0 Å². The number of rotatable bonds is 4. The zero-order valence-corrected chi connectivity index (χ0v) is 11.4. The summed E-state index contributed by atoms with van der Waals surface area (Å²) in [6.07, 6.45) is 3.64. The molecule has 1 aliphatic heterocycles. The average Bonchev–Trinajstić information content (AvgIpc) is 2.61. The van der Waals surface area contributed by atoms with Gasteiger partial charge in [0.05, 0.1) is 12.1 Å². The molecule has 0 bridgehead atoms. The fourth-order valence-electron chi connectivity index (χ4n) is 2.56. The van der Waals surface area contributed by atoms with Crippen molar-refractivity contribution in [2.75, 3.05) is 31.6 Å². The van der Waals surface area contributed by atoms with Crippen LogP contribution in [0.25, 0.3) is 0 Å². The Kier molecular flexibility index (Phi) is 4.25. The summed E-state index contributed by atoms with van der Waals surface area (Å²) < 4.78 is 0. The quantitative estimate of drug-likeness (QED) is 0.853. The van der Waals surface area contributed by atoms with Gasteiger partial charge in [0.25, 0.3) is 0 Å². The Bertz CT molecular complexity index is 388. The number of hydrogen-bond acceptors (Lipinski definition) is 3. The normalized spacial score (nSPS) is 18.9.